The topological polar surface area (TPSA) is 74.4 Å². The zero-order chi connectivity index (χ0) is 23.1. The minimum absolute atomic E-state index is 0.0128. The van der Waals surface area contributed by atoms with Crippen molar-refractivity contribution in [2.45, 2.75) is 94.2 Å². The van der Waals surface area contributed by atoms with Crippen LogP contribution in [-0.2, 0) is 9.53 Å². The molecule has 1 N–H and O–H groups in total. The highest BCUT2D eigenvalue weighted by molar-refractivity contribution is 8.00. The van der Waals surface area contributed by atoms with Crippen LogP contribution in [0.4, 0.5) is 4.79 Å². The van der Waals surface area contributed by atoms with Crippen molar-refractivity contribution >= 4 is 23.8 Å². The van der Waals surface area contributed by atoms with E-state index in [2.05, 4.69) is 4.85 Å². The van der Waals surface area contributed by atoms with Crippen LogP contribution in [0.15, 0.2) is 0 Å². The third-order valence-corrected chi connectivity index (χ3v) is 9.12. The van der Waals surface area contributed by atoms with E-state index in [9.17, 15) is 14.7 Å². The first kappa shape index (κ1) is 23.7. The summed E-state index contributed by atoms with van der Waals surface area (Å²) in [6.07, 6.45) is 6.89. The van der Waals surface area contributed by atoms with Crippen LogP contribution in [0, 0.1) is 18.4 Å². The summed E-state index contributed by atoms with van der Waals surface area (Å²) in [6.45, 7) is 13.8. The van der Waals surface area contributed by atoms with E-state index in [1.807, 2.05) is 32.5 Å². The van der Waals surface area contributed by atoms with Crippen molar-refractivity contribution in [2.24, 2.45) is 11.8 Å². The monoisotopic (exact) mass is 463 g/mol. The van der Waals surface area contributed by atoms with Gasteiger partial charge in [-0.15, -0.1) is 0 Å². The summed E-state index contributed by atoms with van der Waals surface area (Å²) in [5.74, 6) is 1.67. The summed E-state index contributed by atoms with van der Waals surface area (Å²) in [4.78, 5) is 33.9. The van der Waals surface area contributed by atoms with Crippen LogP contribution in [-0.4, -0.2) is 74.4 Å². The molecule has 3 atom stereocenters. The molecule has 2 amide bonds. The van der Waals surface area contributed by atoms with E-state index >= 15 is 0 Å². The van der Waals surface area contributed by atoms with Gasteiger partial charge in [0.05, 0.1) is 6.61 Å². The molecule has 5 fully saturated rings. The molecule has 0 aromatic heterocycles. The number of thioether (sulfide) groups is 1. The fourth-order valence-corrected chi connectivity index (χ4v) is 8.62. The van der Waals surface area contributed by atoms with Gasteiger partial charge >= 0.3 is 12.3 Å². The number of ether oxygens (including phenoxy) is 1. The maximum Gasteiger partial charge on any atom is 0.411 e. The van der Waals surface area contributed by atoms with Gasteiger partial charge in [-0.1, -0.05) is 0 Å². The number of amides is 2. The summed E-state index contributed by atoms with van der Waals surface area (Å²) in [5, 5.41) is 9.47. The molecule has 7 nitrogen and oxygen atoms in total. The highest BCUT2D eigenvalue weighted by atomic mass is 32.2. The Morgan fingerprint density at radius 2 is 1.94 bits per heavy atom. The van der Waals surface area contributed by atoms with Gasteiger partial charge in [0.1, 0.15) is 12.1 Å². The fraction of sp³-hybridized carbons (Fsp3) is 0.875. The fourth-order valence-electron chi connectivity index (χ4n) is 7.02. The van der Waals surface area contributed by atoms with Crippen molar-refractivity contribution in [3.8, 4) is 0 Å². The zero-order valence-corrected chi connectivity index (χ0v) is 20.5. The summed E-state index contributed by atoms with van der Waals surface area (Å²) in [5.41, 5.74) is -1.02. The average molecular weight is 464 g/mol. The molecule has 0 aromatic carbocycles. The molecule has 32 heavy (non-hydrogen) atoms. The Morgan fingerprint density at radius 3 is 2.53 bits per heavy atom. The Balaban J connectivity index is 1.63. The lowest BCUT2D eigenvalue weighted by Gasteiger charge is -2.64. The van der Waals surface area contributed by atoms with E-state index in [0.717, 1.165) is 38.5 Å². The number of carbonyl (C=O) groups is 2. The van der Waals surface area contributed by atoms with Crippen LogP contribution < -0.4 is 0 Å². The number of aliphatic hydroxyl groups excluding tert-OH is 1. The molecular weight excluding hydrogens is 426 g/mol. The van der Waals surface area contributed by atoms with Crippen molar-refractivity contribution in [2.75, 3.05) is 25.4 Å². The Kier molecular flexibility index (Phi) is 6.45. The predicted octanol–water partition coefficient (Wildman–Crippen LogP) is 3.91. The maximum absolute atomic E-state index is 13.5. The molecular formula is C24H37N3O4S. The van der Waals surface area contributed by atoms with Gasteiger partial charge in [0.2, 0.25) is 5.91 Å². The number of carbonyl (C=O) groups excluding carboxylic acids is 2. The largest absolute Gasteiger partial charge is 0.444 e. The van der Waals surface area contributed by atoms with E-state index in [1.54, 1.807) is 9.80 Å². The number of likely N-dealkylation sites (tertiary alicyclic amines) is 1. The normalized spacial score (nSPS) is 35.6. The quantitative estimate of drug-likeness (QED) is 0.605. The van der Waals surface area contributed by atoms with E-state index in [-0.39, 0.29) is 29.3 Å². The highest BCUT2D eigenvalue weighted by Gasteiger charge is 2.61. The summed E-state index contributed by atoms with van der Waals surface area (Å²) < 4.78 is 5.90. The second kappa shape index (κ2) is 8.72. The first-order chi connectivity index (χ1) is 15.1. The van der Waals surface area contributed by atoms with Gasteiger partial charge in [0.15, 0.2) is 0 Å². The van der Waals surface area contributed by atoms with Crippen LogP contribution in [0.1, 0.15) is 72.1 Å². The lowest BCUT2D eigenvalue weighted by Crippen LogP contribution is -2.67. The highest BCUT2D eigenvalue weighted by Crippen LogP contribution is 2.63. The Morgan fingerprint density at radius 1 is 1.25 bits per heavy atom. The number of aliphatic hydroxyl groups is 1. The van der Waals surface area contributed by atoms with Crippen LogP contribution in [0.5, 0.6) is 0 Å². The SMILES string of the molecule is [C-]#[N+][C@@H]1CCCN1C(=O)CN(C(=O)OC(C)(C)C)C12CC3CC(CC(SCCO)(C3)C1)C2. The lowest BCUT2D eigenvalue weighted by atomic mass is 9.52. The molecule has 4 saturated carbocycles. The van der Waals surface area contributed by atoms with Gasteiger partial charge in [-0.25, -0.2) is 11.4 Å². The van der Waals surface area contributed by atoms with Crippen molar-refractivity contribution in [1.82, 2.24) is 9.80 Å². The Hall–Kier alpha value is -1.46. The van der Waals surface area contributed by atoms with Crippen LogP contribution in [0.3, 0.4) is 0 Å². The molecule has 4 bridgehead atoms. The van der Waals surface area contributed by atoms with E-state index in [1.165, 1.54) is 6.42 Å². The molecule has 0 radical (unpaired) electrons. The van der Waals surface area contributed by atoms with Crippen molar-refractivity contribution in [3.05, 3.63) is 11.4 Å². The summed E-state index contributed by atoms with van der Waals surface area (Å²) in [6, 6.07) is 0. The molecule has 1 heterocycles. The van der Waals surface area contributed by atoms with E-state index in [0.29, 0.717) is 30.6 Å². The second-order valence-electron chi connectivity index (χ2n) is 11.3. The first-order valence-corrected chi connectivity index (χ1v) is 13.0. The zero-order valence-electron chi connectivity index (χ0n) is 19.6. The number of hydrogen-bond donors (Lipinski definition) is 1. The lowest BCUT2D eigenvalue weighted by molar-refractivity contribution is -0.138. The first-order valence-electron chi connectivity index (χ1n) is 12.0. The summed E-state index contributed by atoms with van der Waals surface area (Å²) in [7, 11) is 0. The third-order valence-electron chi connectivity index (χ3n) is 7.65. The Bertz CT molecular complexity index is 775. The van der Waals surface area contributed by atoms with Gasteiger partial charge in [0.25, 0.3) is 0 Å². The average Bonchev–Trinajstić information content (AvgIpc) is 3.17. The standard InChI is InChI=1S/C24H37N3O4S/c1-22(2,3)31-21(30)27(15-20(29)26-7-5-6-19(26)25-4)23-11-17-10-18(12-23)14-24(13-17,16-23)32-9-8-28/h17-19,28H,5-16H2,1-3H3/t17?,18?,19-,23?,24?/m0/s1. The molecule has 0 spiro atoms. The summed E-state index contributed by atoms with van der Waals surface area (Å²) >= 11 is 1.86. The van der Waals surface area contributed by atoms with Crippen molar-refractivity contribution in [3.63, 3.8) is 0 Å². The minimum Gasteiger partial charge on any atom is -0.444 e. The number of nitrogens with zero attached hydrogens (tertiary/aromatic N) is 3. The predicted molar refractivity (Wildman–Crippen MR) is 124 cm³/mol. The number of rotatable bonds is 6. The molecule has 2 unspecified atom stereocenters. The molecule has 4 aliphatic carbocycles. The number of hydrogen-bond acceptors (Lipinski definition) is 5. The third kappa shape index (κ3) is 4.61. The van der Waals surface area contributed by atoms with Gasteiger partial charge in [-0.3, -0.25) is 19.4 Å². The van der Waals surface area contributed by atoms with Gasteiger partial charge < -0.3 is 9.84 Å². The molecule has 1 aliphatic heterocycles. The van der Waals surface area contributed by atoms with Crippen LogP contribution in [0.2, 0.25) is 0 Å². The van der Waals surface area contributed by atoms with Crippen molar-refractivity contribution < 1.29 is 19.4 Å². The van der Waals surface area contributed by atoms with E-state index < -0.39 is 17.9 Å². The Labute approximate surface area is 196 Å². The molecule has 5 rings (SSSR count). The van der Waals surface area contributed by atoms with Crippen LogP contribution in [0.25, 0.3) is 4.85 Å². The molecule has 8 heteroatoms. The van der Waals surface area contributed by atoms with Crippen molar-refractivity contribution in [1.29, 1.82) is 0 Å². The van der Waals surface area contributed by atoms with Gasteiger partial charge in [-0.05, 0) is 77.6 Å². The minimum atomic E-state index is -0.642. The smallest absolute Gasteiger partial charge is 0.411 e. The molecule has 178 valence electrons. The van der Waals surface area contributed by atoms with Crippen LogP contribution >= 0.6 is 11.8 Å². The maximum atomic E-state index is 13.5. The second-order valence-corrected chi connectivity index (χ2v) is 12.9. The van der Waals surface area contributed by atoms with Gasteiger partial charge in [-0.2, -0.15) is 11.8 Å². The van der Waals surface area contributed by atoms with E-state index in [4.69, 9.17) is 11.3 Å². The molecule has 1 saturated heterocycles. The van der Waals surface area contributed by atoms with Gasteiger partial charge in [0, 0.05) is 29.0 Å². The molecule has 5 aliphatic rings. The molecule has 0 aromatic rings.